The Bertz CT molecular complexity index is 989. The van der Waals surface area contributed by atoms with Gasteiger partial charge in [0, 0.05) is 31.1 Å². The van der Waals surface area contributed by atoms with Crippen molar-refractivity contribution in [3.63, 3.8) is 0 Å². The van der Waals surface area contributed by atoms with Gasteiger partial charge in [-0.2, -0.15) is 0 Å². The number of hydrogen-bond donors (Lipinski definition) is 1. The van der Waals surface area contributed by atoms with Crippen LogP contribution in [0.15, 0.2) is 48.5 Å². The highest BCUT2D eigenvalue weighted by atomic mass is 32.2. The summed E-state index contributed by atoms with van der Waals surface area (Å²) >= 11 is 0. The van der Waals surface area contributed by atoms with Gasteiger partial charge < -0.3 is 10.1 Å². The normalized spacial score (nSPS) is 15.5. The Balaban J connectivity index is 1.41. The molecule has 3 rings (SSSR count). The van der Waals surface area contributed by atoms with Gasteiger partial charge in [-0.25, -0.2) is 17.1 Å². The number of methoxy groups -OCH3 is 1. The highest BCUT2D eigenvalue weighted by Crippen LogP contribution is 2.22. The van der Waals surface area contributed by atoms with Gasteiger partial charge in [-0.1, -0.05) is 30.3 Å². The summed E-state index contributed by atoms with van der Waals surface area (Å²) in [5, 5.41) is 2.96. The van der Waals surface area contributed by atoms with Gasteiger partial charge in [0.2, 0.25) is 15.9 Å². The Morgan fingerprint density at radius 1 is 1.16 bits per heavy atom. The fraction of sp³-hybridized carbons (Fsp3) is 0.435. The van der Waals surface area contributed by atoms with E-state index in [1.165, 1.54) is 22.5 Å². The number of aryl methyl sites for hydroxylation is 1. The Labute approximate surface area is 183 Å². The number of sulfonamides is 1. The zero-order valence-corrected chi connectivity index (χ0v) is 18.5. The quantitative estimate of drug-likeness (QED) is 0.598. The van der Waals surface area contributed by atoms with Crippen molar-refractivity contribution in [1.82, 2.24) is 9.62 Å². The fourth-order valence-electron chi connectivity index (χ4n) is 3.78. The zero-order valence-electron chi connectivity index (χ0n) is 17.7. The summed E-state index contributed by atoms with van der Waals surface area (Å²) in [5.41, 5.74) is 1.32. The van der Waals surface area contributed by atoms with Crippen LogP contribution in [0.1, 0.15) is 30.4 Å². The summed E-state index contributed by atoms with van der Waals surface area (Å²) in [7, 11) is -1.98. The third-order valence-corrected chi connectivity index (χ3v) is 7.42. The fourth-order valence-corrected chi connectivity index (χ4v) is 5.35. The number of carbonyl (C=O) groups excluding carboxylic acids is 1. The second-order valence-corrected chi connectivity index (χ2v) is 9.74. The van der Waals surface area contributed by atoms with Gasteiger partial charge in [0.25, 0.3) is 0 Å². The monoisotopic (exact) mass is 448 g/mol. The molecule has 168 valence electrons. The molecule has 0 bridgehead atoms. The van der Waals surface area contributed by atoms with Gasteiger partial charge in [-0.3, -0.25) is 4.79 Å². The maximum atomic E-state index is 13.8. The molecule has 1 saturated heterocycles. The van der Waals surface area contributed by atoms with Crippen LogP contribution in [0.3, 0.4) is 0 Å². The number of nitrogens with zero attached hydrogens (tertiary/aromatic N) is 1. The predicted molar refractivity (Wildman–Crippen MR) is 118 cm³/mol. The number of nitrogens with one attached hydrogen (secondary N) is 1. The number of hydrogen-bond acceptors (Lipinski definition) is 4. The maximum absolute atomic E-state index is 13.8. The molecular weight excluding hydrogens is 419 g/mol. The number of amides is 1. The molecule has 0 radical (unpaired) electrons. The first-order valence-corrected chi connectivity index (χ1v) is 12.1. The molecule has 2 aromatic rings. The molecule has 1 fully saturated rings. The number of halogens is 1. The molecular formula is C23H29FN2O4S. The van der Waals surface area contributed by atoms with Crippen molar-refractivity contribution >= 4 is 15.9 Å². The summed E-state index contributed by atoms with van der Waals surface area (Å²) in [6.45, 7) is 1.12. The highest BCUT2D eigenvalue weighted by Gasteiger charge is 2.31. The van der Waals surface area contributed by atoms with Crippen molar-refractivity contribution in [2.75, 3.05) is 26.7 Å². The summed E-state index contributed by atoms with van der Waals surface area (Å²) in [4.78, 5) is 12.5. The molecule has 0 unspecified atom stereocenters. The van der Waals surface area contributed by atoms with Crippen molar-refractivity contribution in [3.05, 3.63) is 65.5 Å². The third-order valence-electron chi connectivity index (χ3n) is 5.59. The summed E-state index contributed by atoms with van der Waals surface area (Å²) in [5.74, 6) is -0.290. The molecule has 0 aliphatic carbocycles. The molecule has 0 spiro atoms. The minimum Gasteiger partial charge on any atom is -0.497 e. The minimum atomic E-state index is -3.61. The lowest BCUT2D eigenvalue weighted by molar-refractivity contribution is -0.126. The van der Waals surface area contributed by atoms with Crippen LogP contribution in [-0.4, -0.2) is 45.4 Å². The zero-order chi connectivity index (χ0) is 22.3. The average Bonchev–Trinajstić information content (AvgIpc) is 2.78. The number of rotatable bonds is 9. The molecule has 1 aliphatic heterocycles. The second-order valence-electron chi connectivity index (χ2n) is 7.77. The SMILES string of the molecule is COc1cccc(CCCNC(=O)C2CCN(S(=O)(=O)Cc3ccccc3F)CC2)c1. The minimum absolute atomic E-state index is 0.0307. The first-order chi connectivity index (χ1) is 14.9. The Morgan fingerprint density at radius 2 is 1.90 bits per heavy atom. The van der Waals surface area contributed by atoms with Crippen LogP contribution in [-0.2, 0) is 27.0 Å². The van der Waals surface area contributed by atoms with E-state index in [1.54, 1.807) is 13.2 Å². The molecule has 2 aromatic carbocycles. The lowest BCUT2D eigenvalue weighted by atomic mass is 9.97. The highest BCUT2D eigenvalue weighted by molar-refractivity contribution is 7.88. The number of carbonyl (C=O) groups is 1. The van der Waals surface area contributed by atoms with Crippen molar-refractivity contribution in [2.24, 2.45) is 5.92 Å². The van der Waals surface area contributed by atoms with E-state index in [2.05, 4.69) is 5.32 Å². The van der Waals surface area contributed by atoms with Crippen molar-refractivity contribution in [3.8, 4) is 5.75 Å². The standard InChI is InChI=1S/C23H29FN2O4S/c1-30-21-9-4-6-18(16-21)7-5-13-25-23(27)19-11-14-26(15-12-19)31(28,29)17-20-8-2-3-10-22(20)24/h2-4,6,8-10,16,19H,5,7,11-15,17H2,1H3,(H,25,27). The average molecular weight is 449 g/mol. The summed E-state index contributed by atoms with van der Waals surface area (Å²) in [6.07, 6.45) is 2.59. The van der Waals surface area contributed by atoms with Crippen LogP contribution >= 0.6 is 0 Å². The number of ether oxygens (including phenoxy) is 1. The van der Waals surface area contributed by atoms with Crippen LogP contribution in [0, 0.1) is 11.7 Å². The largest absolute Gasteiger partial charge is 0.497 e. The number of benzene rings is 2. The van der Waals surface area contributed by atoms with Gasteiger partial charge in [-0.15, -0.1) is 0 Å². The van der Waals surface area contributed by atoms with Gasteiger partial charge in [0.1, 0.15) is 11.6 Å². The van der Waals surface area contributed by atoms with E-state index in [9.17, 15) is 17.6 Å². The van der Waals surface area contributed by atoms with E-state index in [0.717, 1.165) is 24.2 Å². The Kier molecular flexibility index (Phi) is 8.03. The van der Waals surface area contributed by atoms with Crippen molar-refractivity contribution in [1.29, 1.82) is 0 Å². The maximum Gasteiger partial charge on any atom is 0.223 e. The Hall–Kier alpha value is -2.45. The van der Waals surface area contributed by atoms with E-state index in [4.69, 9.17) is 4.74 Å². The van der Waals surface area contributed by atoms with Crippen molar-refractivity contribution < 1.29 is 22.3 Å². The molecule has 0 atom stereocenters. The van der Waals surface area contributed by atoms with Gasteiger partial charge in [0.15, 0.2) is 0 Å². The first kappa shape index (κ1) is 23.2. The molecule has 31 heavy (non-hydrogen) atoms. The van der Waals surface area contributed by atoms with Crippen LogP contribution in [0.5, 0.6) is 5.75 Å². The third kappa shape index (κ3) is 6.51. The second kappa shape index (κ2) is 10.7. The van der Waals surface area contributed by atoms with Crippen LogP contribution in [0.2, 0.25) is 0 Å². The van der Waals surface area contributed by atoms with Crippen LogP contribution < -0.4 is 10.1 Å². The molecule has 1 N–H and O–H groups in total. The Morgan fingerprint density at radius 3 is 2.61 bits per heavy atom. The van der Waals surface area contributed by atoms with E-state index in [-0.39, 0.29) is 36.2 Å². The molecule has 0 aromatic heterocycles. The summed E-state index contributed by atoms with van der Waals surface area (Å²) < 4.78 is 45.6. The topological polar surface area (TPSA) is 75.7 Å². The van der Waals surface area contributed by atoms with E-state index in [1.807, 2.05) is 24.3 Å². The van der Waals surface area contributed by atoms with E-state index in [0.29, 0.717) is 19.4 Å². The van der Waals surface area contributed by atoms with Gasteiger partial charge in [-0.05, 0) is 49.4 Å². The molecule has 0 saturated carbocycles. The molecule has 8 heteroatoms. The van der Waals surface area contributed by atoms with E-state index < -0.39 is 15.8 Å². The summed E-state index contributed by atoms with van der Waals surface area (Å²) in [6, 6.07) is 13.8. The molecule has 6 nitrogen and oxygen atoms in total. The molecule has 1 aliphatic rings. The smallest absolute Gasteiger partial charge is 0.223 e. The molecule has 1 amide bonds. The van der Waals surface area contributed by atoms with Gasteiger partial charge in [0.05, 0.1) is 12.9 Å². The lowest BCUT2D eigenvalue weighted by Crippen LogP contribution is -2.43. The molecule has 1 heterocycles. The van der Waals surface area contributed by atoms with Crippen LogP contribution in [0.4, 0.5) is 4.39 Å². The van der Waals surface area contributed by atoms with Gasteiger partial charge >= 0.3 is 0 Å². The first-order valence-electron chi connectivity index (χ1n) is 10.5. The number of piperidine rings is 1. The predicted octanol–water partition coefficient (Wildman–Crippen LogP) is 3.13. The van der Waals surface area contributed by atoms with Crippen molar-refractivity contribution in [2.45, 2.75) is 31.4 Å². The lowest BCUT2D eigenvalue weighted by Gasteiger charge is -2.30. The van der Waals surface area contributed by atoms with E-state index >= 15 is 0 Å². The van der Waals surface area contributed by atoms with Crippen LogP contribution in [0.25, 0.3) is 0 Å².